The topological polar surface area (TPSA) is 98.5 Å². The number of ether oxygens (including phenoxy) is 1. The second kappa shape index (κ2) is 8.95. The summed E-state index contributed by atoms with van der Waals surface area (Å²) in [5.41, 5.74) is -1.59. The summed E-state index contributed by atoms with van der Waals surface area (Å²) < 4.78 is 42.7. The highest BCUT2D eigenvalue weighted by atomic mass is 32.2. The molecule has 0 saturated heterocycles. The Balaban J connectivity index is 2.09. The van der Waals surface area contributed by atoms with Crippen molar-refractivity contribution in [3.8, 4) is 0 Å². The molecule has 0 aliphatic heterocycles. The van der Waals surface area contributed by atoms with Gasteiger partial charge >= 0.3 is 12.1 Å². The van der Waals surface area contributed by atoms with Crippen LogP contribution in [-0.4, -0.2) is 29.2 Å². The number of amides is 1. The number of thioether (sulfide) groups is 1. The molecule has 29 heavy (non-hydrogen) atoms. The zero-order valence-corrected chi connectivity index (χ0v) is 16.0. The zero-order chi connectivity index (χ0) is 21.8. The van der Waals surface area contributed by atoms with Crippen LogP contribution in [0.4, 0.5) is 24.5 Å². The average molecular weight is 428 g/mol. The summed E-state index contributed by atoms with van der Waals surface area (Å²) in [6, 6.07) is 7.62. The van der Waals surface area contributed by atoms with E-state index in [0.29, 0.717) is 4.90 Å². The number of anilines is 1. The van der Waals surface area contributed by atoms with Crippen molar-refractivity contribution < 1.29 is 32.4 Å². The fourth-order valence-electron chi connectivity index (χ4n) is 2.23. The molecule has 1 N–H and O–H groups in total. The van der Waals surface area contributed by atoms with Crippen LogP contribution in [0.2, 0.25) is 0 Å². The van der Waals surface area contributed by atoms with Crippen LogP contribution in [-0.2, 0) is 15.7 Å². The van der Waals surface area contributed by atoms with Crippen LogP contribution in [0.25, 0.3) is 0 Å². The average Bonchev–Trinajstić information content (AvgIpc) is 2.66. The Morgan fingerprint density at radius 3 is 2.31 bits per heavy atom. The molecule has 7 nitrogen and oxygen atoms in total. The normalized spacial score (nSPS) is 12.2. The Labute approximate surface area is 167 Å². The molecule has 0 heterocycles. The number of halogens is 3. The van der Waals surface area contributed by atoms with E-state index in [-0.39, 0.29) is 11.3 Å². The van der Waals surface area contributed by atoms with Gasteiger partial charge in [0.1, 0.15) is 5.56 Å². The van der Waals surface area contributed by atoms with Gasteiger partial charge in [-0.2, -0.15) is 13.2 Å². The predicted molar refractivity (Wildman–Crippen MR) is 99.8 cm³/mol. The molecular weight excluding hydrogens is 413 g/mol. The molecule has 1 atom stereocenters. The van der Waals surface area contributed by atoms with E-state index in [2.05, 4.69) is 5.32 Å². The van der Waals surface area contributed by atoms with Crippen LogP contribution in [0.1, 0.15) is 22.8 Å². The third kappa shape index (κ3) is 5.70. The van der Waals surface area contributed by atoms with Crippen LogP contribution >= 0.6 is 11.8 Å². The van der Waals surface area contributed by atoms with Crippen molar-refractivity contribution in [1.29, 1.82) is 0 Å². The van der Waals surface area contributed by atoms with Crippen molar-refractivity contribution in [2.24, 2.45) is 0 Å². The molecule has 0 bridgehead atoms. The van der Waals surface area contributed by atoms with Crippen LogP contribution in [0, 0.1) is 10.1 Å². The van der Waals surface area contributed by atoms with Crippen molar-refractivity contribution in [2.45, 2.75) is 24.1 Å². The molecule has 154 valence electrons. The summed E-state index contributed by atoms with van der Waals surface area (Å²) in [4.78, 5) is 35.4. The third-order valence-corrected chi connectivity index (χ3v) is 4.48. The van der Waals surface area contributed by atoms with Crippen LogP contribution < -0.4 is 5.32 Å². The fraction of sp³-hybridized carbons (Fsp3) is 0.222. The highest BCUT2D eigenvalue weighted by molar-refractivity contribution is 7.98. The summed E-state index contributed by atoms with van der Waals surface area (Å²) in [7, 11) is 0. The molecule has 0 aliphatic rings. The molecular formula is C18H15F3N2O5S. The Hall–Kier alpha value is -3.08. The standard InChI is InChI=1S/C18H15F3N2O5S/c1-10(16(24)22-12-5-3-11(4-6-12)18(19,20)21)28-17(25)14-9-13(29-2)7-8-15(14)23(26)27/h3-10H,1-2H3,(H,22,24). The molecule has 0 fully saturated rings. The van der Waals surface area contributed by atoms with Crippen LogP contribution in [0.5, 0.6) is 0 Å². The van der Waals surface area contributed by atoms with Gasteiger partial charge in [0.2, 0.25) is 0 Å². The smallest absolute Gasteiger partial charge is 0.416 e. The number of hydrogen-bond donors (Lipinski definition) is 1. The van der Waals surface area contributed by atoms with Crippen molar-refractivity contribution in [1.82, 2.24) is 0 Å². The van der Waals surface area contributed by atoms with Gasteiger partial charge in [0.15, 0.2) is 6.10 Å². The maximum Gasteiger partial charge on any atom is 0.416 e. The van der Waals surface area contributed by atoms with Gasteiger partial charge < -0.3 is 10.1 Å². The Morgan fingerprint density at radius 1 is 1.17 bits per heavy atom. The van der Waals surface area contributed by atoms with Crippen molar-refractivity contribution in [2.75, 3.05) is 11.6 Å². The minimum atomic E-state index is -4.51. The van der Waals surface area contributed by atoms with E-state index in [1.54, 1.807) is 6.26 Å². The van der Waals surface area contributed by atoms with Gasteiger partial charge in [-0.3, -0.25) is 14.9 Å². The highest BCUT2D eigenvalue weighted by Crippen LogP contribution is 2.30. The van der Waals surface area contributed by atoms with Crippen molar-refractivity contribution in [3.05, 3.63) is 63.7 Å². The first-order chi connectivity index (χ1) is 13.5. The molecule has 0 spiro atoms. The van der Waals surface area contributed by atoms with E-state index in [4.69, 9.17) is 4.74 Å². The van der Waals surface area contributed by atoms with Crippen molar-refractivity contribution >= 4 is 35.0 Å². The lowest BCUT2D eigenvalue weighted by Gasteiger charge is -2.14. The number of alkyl halides is 3. The lowest BCUT2D eigenvalue weighted by Crippen LogP contribution is -2.30. The van der Waals surface area contributed by atoms with Crippen molar-refractivity contribution in [3.63, 3.8) is 0 Å². The van der Waals surface area contributed by atoms with Gasteiger partial charge in [0.05, 0.1) is 10.5 Å². The van der Waals surface area contributed by atoms with Crippen LogP contribution in [0.15, 0.2) is 47.4 Å². The fourth-order valence-corrected chi connectivity index (χ4v) is 2.67. The lowest BCUT2D eigenvalue weighted by atomic mass is 10.2. The first-order valence-electron chi connectivity index (χ1n) is 8.04. The monoisotopic (exact) mass is 428 g/mol. The molecule has 1 amide bonds. The number of carbonyl (C=O) groups is 2. The summed E-state index contributed by atoms with van der Waals surface area (Å²) in [6.07, 6.45) is -4.13. The number of esters is 1. The van der Waals surface area contributed by atoms with Gasteiger partial charge in [-0.25, -0.2) is 4.79 Å². The summed E-state index contributed by atoms with van der Waals surface area (Å²) in [5.74, 6) is -1.87. The Bertz CT molecular complexity index is 932. The van der Waals surface area contributed by atoms with Gasteiger partial charge in [0, 0.05) is 16.6 Å². The van der Waals surface area contributed by atoms with E-state index >= 15 is 0 Å². The molecule has 11 heteroatoms. The first-order valence-corrected chi connectivity index (χ1v) is 9.27. The van der Waals surface area contributed by atoms with Gasteiger partial charge in [-0.15, -0.1) is 11.8 Å². The van der Waals surface area contributed by atoms with E-state index in [1.807, 2.05) is 0 Å². The molecule has 2 rings (SSSR count). The second-order valence-electron chi connectivity index (χ2n) is 5.75. The summed E-state index contributed by atoms with van der Waals surface area (Å²) >= 11 is 1.26. The molecule has 1 unspecified atom stereocenters. The number of hydrogen-bond acceptors (Lipinski definition) is 6. The maximum absolute atomic E-state index is 12.6. The Morgan fingerprint density at radius 2 is 1.79 bits per heavy atom. The van der Waals surface area contributed by atoms with Gasteiger partial charge in [0.25, 0.3) is 11.6 Å². The quantitative estimate of drug-likeness (QED) is 0.314. The van der Waals surface area contributed by atoms with E-state index in [9.17, 15) is 32.9 Å². The van der Waals surface area contributed by atoms with Gasteiger partial charge in [-0.1, -0.05) is 0 Å². The molecule has 2 aromatic carbocycles. The number of nitro benzene ring substituents is 1. The third-order valence-electron chi connectivity index (χ3n) is 3.75. The number of nitro groups is 1. The number of rotatable bonds is 6. The number of benzene rings is 2. The van der Waals surface area contributed by atoms with Gasteiger partial charge in [-0.05, 0) is 49.6 Å². The molecule has 0 aromatic heterocycles. The summed E-state index contributed by atoms with van der Waals surface area (Å²) in [5, 5.41) is 13.4. The van der Waals surface area contributed by atoms with E-state index < -0.39 is 40.3 Å². The number of nitrogens with one attached hydrogen (secondary N) is 1. The Kier molecular flexibility index (Phi) is 6.85. The second-order valence-corrected chi connectivity index (χ2v) is 6.63. The lowest BCUT2D eigenvalue weighted by molar-refractivity contribution is -0.385. The zero-order valence-electron chi connectivity index (χ0n) is 15.1. The minimum Gasteiger partial charge on any atom is -0.449 e. The van der Waals surface area contributed by atoms with Crippen LogP contribution in [0.3, 0.4) is 0 Å². The number of carbonyl (C=O) groups excluding carboxylic acids is 2. The SMILES string of the molecule is CSc1ccc([N+](=O)[O-])c(C(=O)OC(C)C(=O)Nc2ccc(C(F)(F)F)cc2)c1. The number of nitrogens with zero attached hydrogens (tertiary/aromatic N) is 1. The molecule has 0 aliphatic carbocycles. The molecule has 2 aromatic rings. The first kappa shape index (κ1) is 22.2. The highest BCUT2D eigenvalue weighted by Gasteiger charge is 2.30. The molecule has 0 radical (unpaired) electrons. The largest absolute Gasteiger partial charge is 0.449 e. The van der Waals surface area contributed by atoms with E-state index in [0.717, 1.165) is 30.3 Å². The minimum absolute atomic E-state index is 0.0706. The van der Waals surface area contributed by atoms with E-state index in [1.165, 1.54) is 30.8 Å². The molecule has 0 saturated carbocycles. The summed E-state index contributed by atoms with van der Waals surface area (Å²) in [6.45, 7) is 1.24. The predicted octanol–water partition coefficient (Wildman–Crippen LogP) is 4.52. The maximum atomic E-state index is 12.6.